The first kappa shape index (κ1) is 11.9. The van der Waals surface area contributed by atoms with E-state index in [1.165, 1.54) is 0 Å². The number of benzene rings is 1. The van der Waals surface area contributed by atoms with Gasteiger partial charge in [0.05, 0.1) is 11.4 Å². The van der Waals surface area contributed by atoms with E-state index in [4.69, 9.17) is 5.73 Å². The van der Waals surface area contributed by atoms with Crippen LogP contribution in [-0.4, -0.2) is 12.0 Å². The molecule has 1 aromatic carbocycles. The van der Waals surface area contributed by atoms with Gasteiger partial charge in [0.25, 0.3) is 0 Å². The average Bonchev–Trinajstić information content (AvgIpc) is 2.33. The van der Waals surface area contributed by atoms with Crippen molar-refractivity contribution in [3.05, 3.63) is 46.6 Å². The zero-order chi connectivity index (χ0) is 12.4. The van der Waals surface area contributed by atoms with Gasteiger partial charge < -0.3 is 10.6 Å². The van der Waals surface area contributed by atoms with Crippen LogP contribution in [0.5, 0.6) is 0 Å². The standard InChI is InChI=1S/C13H14BrN3/c1-9-12(15)7-8-13(16-9)17(2)11-5-3-10(14)4-6-11/h3-8H,15H2,1-2H3. The Morgan fingerprint density at radius 2 is 1.76 bits per heavy atom. The van der Waals surface area contributed by atoms with E-state index >= 15 is 0 Å². The van der Waals surface area contributed by atoms with Crippen LogP contribution in [0.25, 0.3) is 0 Å². The van der Waals surface area contributed by atoms with E-state index < -0.39 is 0 Å². The summed E-state index contributed by atoms with van der Waals surface area (Å²) >= 11 is 3.42. The van der Waals surface area contributed by atoms with E-state index in [0.717, 1.165) is 27.4 Å². The van der Waals surface area contributed by atoms with Crippen molar-refractivity contribution in [2.24, 2.45) is 0 Å². The summed E-state index contributed by atoms with van der Waals surface area (Å²) in [5.41, 5.74) is 8.42. The molecule has 2 N–H and O–H groups in total. The molecule has 2 rings (SSSR count). The van der Waals surface area contributed by atoms with Crippen LogP contribution >= 0.6 is 15.9 Å². The molecule has 0 fully saturated rings. The minimum absolute atomic E-state index is 0.720. The molecule has 0 saturated heterocycles. The number of nitrogens with two attached hydrogens (primary N) is 1. The van der Waals surface area contributed by atoms with Crippen molar-refractivity contribution in [3.8, 4) is 0 Å². The van der Waals surface area contributed by atoms with Gasteiger partial charge in [-0.2, -0.15) is 0 Å². The largest absolute Gasteiger partial charge is 0.397 e. The lowest BCUT2D eigenvalue weighted by Crippen LogP contribution is -2.11. The first-order valence-corrected chi connectivity index (χ1v) is 6.09. The zero-order valence-electron chi connectivity index (χ0n) is 9.81. The number of aromatic nitrogens is 1. The van der Waals surface area contributed by atoms with Crippen LogP contribution in [0.1, 0.15) is 5.69 Å². The first-order chi connectivity index (χ1) is 8.08. The molecule has 0 saturated carbocycles. The Hall–Kier alpha value is -1.55. The van der Waals surface area contributed by atoms with E-state index in [2.05, 4.69) is 20.9 Å². The fourth-order valence-corrected chi connectivity index (χ4v) is 1.81. The summed E-state index contributed by atoms with van der Waals surface area (Å²) in [4.78, 5) is 6.49. The molecule has 88 valence electrons. The smallest absolute Gasteiger partial charge is 0.133 e. The van der Waals surface area contributed by atoms with E-state index in [9.17, 15) is 0 Å². The summed E-state index contributed by atoms with van der Waals surface area (Å²) < 4.78 is 1.07. The molecule has 0 atom stereocenters. The first-order valence-electron chi connectivity index (χ1n) is 5.30. The van der Waals surface area contributed by atoms with Crippen LogP contribution in [0.2, 0.25) is 0 Å². The summed E-state index contributed by atoms with van der Waals surface area (Å²) in [5.74, 6) is 0.888. The molecule has 0 bridgehead atoms. The number of rotatable bonds is 2. The molecule has 17 heavy (non-hydrogen) atoms. The second-order valence-electron chi connectivity index (χ2n) is 3.88. The van der Waals surface area contributed by atoms with Gasteiger partial charge in [-0.1, -0.05) is 15.9 Å². The Morgan fingerprint density at radius 3 is 2.35 bits per heavy atom. The fraction of sp³-hybridized carbons (Fsp3) is 0.154. The van der Waals surface area contributed by atoms with Crippen LogP contribution in [0.15, 0.2) is 40.9 Å². The Kier molecular flexibility index (Phi) is 3.33. The molecule has 0 aliphatic carbocycles. The van der Waals surface area contributed by atoms with E-state index in [1.807, 2.05) is 55.3 Å². The third-order valence-corrected chi connectivity index (χ3v) is 3.20. The highest BCUT2D eigenvalue weighted by Gasteiger charge is 2.06. The molecule has 0 unspecified atom stereocenters. The number of anilines is 3. The molecule has 2 aromatic rings. The minimum atomic E-state index is 0.720. The molecule has 1 heterocycles. The number of hydrogen-bond donors (Lipinski definition) is 1. The Labute approximate surface area is 109 Å². The molecule has 0 aliphatic heterocycles. The molecular weight excluding hydrogens is 278 g/mol. The molecule has 1 aromatic heterocycles. The van der Waals surface area contributed by atoms with Gasteiger partial charge >= 0.3 is 0 Å². The van der Waals surface area contributed by atoms with Gasteiger partial charge in [0.1, 0.15) is 5.82 Å². The number of hydrogen-bond acceptors (Lipinski definition) is 3. The van der Waals surface area contributed by atoms with Gasteiger partial charge in [0.2, 0.25) is 0 Å². The van der Waals surface area contributed by atoms with Crippen LogP contribution in [-0.2, 0) is 0 Å². The molecule has 0 radical (unpaired) electrons. The zero-order valence-corrected chi connectivity index (χ0v) is 11.4. The summed E-state index contributed by atoms with van der Waals surface area (Å²) in [6, 6.07) is 11.9. The highest BCUT2D eigenvalue weighted by atomic mass is 79.9. The van der Waals surface area contributed by atoms with Gasteiger partial charge in [-0.3, -0.25) is 0 Å². The van der Waals surface area contributed by atoms with Crippen molar-refractivity contribution in [1.82, 2.24) is 4.98 Å². The maximum Gasteiger partial charge on any atom is 0.133 e. The molecule has 0 amide bonds. The van der Waals surface area contributed by atoms with Crippen molar-refractivity contribution in [2.75, 3.05) is 17.7 Å². The van der Waals surface area contributed by atoms with Gasteiger partial charge in [-0.15, -0.1) is 0 Å². The second-order valence-corrected chi connectivity index (χ2v) is 4.80. The van der Waals surface area contributed by atoms with Crippen LogP contribution in [0.4, 0.5) is 17.2 Å². The van der Waals surface area contributed by atoms with Gasteiger partial charge in [0.15, 0.2) is 0 Å². The Morgan fingerprint density at radius 1 is 1.12 bits per heavy atom. The predicted molar refractivity (Wildman–Crippen MR) is 75.6 cm³/mol. The number of nitrogens with zero attached hydrogens (tertiary/aromatic N) is 2. The maximum atomic E-state index is 5.76. The number of aryl methyl sites for hydroxylation is 1. The lowest BCUT2D eigenvalue weighted by molar-refractivity contribution is 1.09. The lowest BCUT2D eigenvalue weighted by Gasteiger charge is -2.19. The number of nitrogen functional groups attached to an aromatic ring is 1. The summed E-state index contributed by atoms with van der Waals surface area (Å²) in [5, 5.41) is 0. The van der Waals surface area contributed by atoms with Crippen LogP contribution < -0.4 is 10.6 Å². The van der Waals surface area contributed by atoms with Crippen molar-refractivity contribution >= 4 is 33.1 Å². The van der Waals surface area contributed by atoms with Crippen molar-refractivity contribution in [2.45, 2.75) is 6.92 Å². The third-order valence-electron chi connectivity index (χ3n) is 2.67. The predicted octanol–water partition coefficient (Wildman–Crippen LogP) is 3.50. The number of halogens is 1. The summed E-state index contributed by atoms with van der Waals surface area (Å²) in [6.07, 6.45) is 0. The minimum Gasteiger partial charge on any atom is -0.397 e. The van der Waals surface area contributed by atoms with E-state index in [-0.39, 0.29) is 0 Å². The normalized spacial score (nSPS) is 10.3. The molecular formula is C13H14BrN3. The SMILES string of the molecule is Cc1nc(N(C)c2ccc(Br)cc2)ccc1N. The quantitative estimate of drug-likeness (QED) is 0.921. The summed E-state index contributed by atoms with van der Waals surface area (Å²) in [6.45, 7) is 1.91. The topological polar surface area (TPSA) is 42.2 Å². The highest BCUT2D eigenvalue weighted by molar-refractivity contribution is 9.10. The highest BCUT2D eigenvalue weighted by Crippen LogP contribution is 2.24. The van der Waals surface area contributed by atoms with Gasteiger partial charge in [-0.05, 0) is 43.3 Å². The Balaban J connectivity index is 2.33. The van der Waals surface area contributed by atoms with Crippen LogP contribution in [0.3, 0.4) is 0 Å². The Bertz CT molecular complexity index is 523. The average molecular weight is 292 g/mol. The fourth-order valence-electron chi connectivity index (χ4n) is 1.54. The van der Waals surface area contributed by atoms with Gasteiger partial charge in [0, 0.05) is 17.2 Å². The van der Waals surface area contributed by atoms with Crippen LogP contribution in [0, 0.1) is 6.92 Å². The van der Waals surface area contributed by atoms with E-state index in [1.54, 1.807) is 0 Å². The number of pyridine rings is 1. The van der Waals surface area contributed by atoms with E-state index in [0.29, 0.717) is 0 Å². The van der Waals surface area contributed by atoms with Gasteiger partial charge in [-0.25, -0.2) is 4.98 Å². The second kappa shape index (κ2) is 4.75. The molecule has 4 heteroatoms. The third kappa shape index (κ3) is 2.58. The lowest BCUT2D eigenvalue weighted by atomic mass is 10.2. The summed E-state index contributed by atoms with van der Waals surface area (Å²) in [7, 11) is 1.99. The monoisotopic (exact) mass is 291 g/mol. The molecule has 0 spiro atoms. The molecule has 0 aliphatic rings. The molecule has 3 nitrogen and oxygen atoms in total. The van der Waals surface area contributed by atoms with Crippen molar-refractivity contribution in [3.63, 3.8) is 0 Å². The van der Waals surface area contributed by atoms with Crippen molar-refractivity contribution in [1.29, 1.82) is 0 Å². The maximum absolute atomic E-state index is 5.76. The van der Waals surface area contributed by atoms with Crippen molar-refractivity contribution < 1.29 is 0 Å².